The van der Waals surface area contributed by atoms with E-state index in [0.717, 1.165) is 11.4 Å². The fourth-order valence-electron chi connectivity index (χ4n) is 3.22. The van der Waals surface area contributed by atoms with Gasteiger partial charge in [0.2, 0.25) is 0 Å². The Hall–Kier alpha value is -3.32. The first-order valence-corrected chi connectivity index (χ1v) is 9.29. The Bertz CT molecular complexity index is 1030. The first-order chi connectivity index (χ1) is 13.2. The predicted octanol–water partition coefficient (Wildman–Crippen LogP) is 7.38. The Kier molecular flexibility index (Phi) is 4.76. The van der Waals surface area contributed by atoms with Crippen LogP contribution in [0.3, 0.4) is 0 Å². The SMILES string of the molecule is Cc1ccc(Nc2ccc(-c3ccc(-c4ccccc4)cc3)cc2)cc1C. The van der Waals surface area contributed by atoms with E-state index in [-0.39, 0.29) is 0 Å². The summed E-state index contributed by atoms with van der Waals surface area (Å²) in [5.41, 5.74) is 9.78. The van der Waals surface area contributed by atoms with Crippen molar-refractivity contribution < 1.29 is 0 Å². The normalized spacial score (nSPS) is 10.6. The molecule has 27 heavy (non-hydrogen) atoms. The van der Waals surface area contributed by atoms with Crippen LogP contribution < -0.4 is 5.32 Å². The van der Waals surface area contributed by atoms with Crippen LogP contribution in [0.5, 0.6) is 0 Å². The lowest BCUT2D eigenvalue weighted by molar-refractivity contribution is 1.34. The van der Waals surface area contributed by atoms with Gasteiger partial charge in [0, 0.05) is 11.4 Å². The maximum absolute atomic E-state index is 3.48. The van der Waals surface area contributed by atoms with Gasteiger partial charge in [-0.15, -0.1) is 0 Å². The van der Waals surface area contributed by atoms with E-state index in [0.29, 0.717) is 0 Å². The molecule has 0 saturated heterocycles. The van der Waals surface area contributed by atoms with Gasteiger partial charge < -0.3 is 5.32 Å². The molecule has 0 amide bonds. The summed E-state index contributed by atoms with van der Waals surface area (Å²) in [5, 5.41) is 3.48. The molecule has 4 aromatic carbocycles. The Morgan fingerprint density at radius 2 is 0.926 bits per heavy atom. The second-order valence-electron chi connectivity index (χ2n) is 6.94. The number of hydrogen-bond acceptors (Lipinski definition) is 1. The van der Waals surface area contributed by atoms with Gasteiger partial charge in [-0.3, -0.25) is 0 Å². The van der Waals surface area contributed by atoms with Crippen molar-refractivity contribution in [3.8, 4) is 22.3 Å². The third-order valence-electron chi connectivity index (χ3n) is 5.01. The number of hydrogen-bond donors (Lipinski definition) is 1. The zero-order valence-corrected chi connectivity index (χ0v) is 15.7. The summed E-state index contributed by atoms with van der Waals surface area (Å²) < 4.78 is 0. The zero-order chi connectivity index (χ0) is 18.6. The molecule has 4 rings (SSSR count). The lowest BCUT2D eigenvalue weighted by atomic mass is 10.0. The maximum Gasteiger partial charge on any atom is 0.0387 e. The molecule has 0 atom stereocenters. The third kappa shape index (κ3) is 3.93. The van der Waals surface area contributed by atoms with Crippen LogP contribution in [0.2, 0.25) is 0 Å². The molecule has 0 aliphatic heterocycles. The minimum absolute atomic E-state index is 1.10. The minimum atomic E-state index is 1.10. The molecule has 0 fully saturated rings. The molecule has 1 N–H and O–H groups in total. The number of rotatable bonds is 4. The van der Waals surface area contributed by atoms with Crippen LogP contribution >= 0.6 is 0 Å². The smallest absolute Gasteiger partial charge is 0.0387 e. The second-order valence-corrected chi connectivity index (χ2v) is 6.94. The van der Waals surface area contributed by atoms with Gasteiger partial charge in [0.15, 0.2) is 0 Å². The molecule has 1 heteroatoms. The molecule has 0 unspecified atom stereocenters. The van der Waals surface area contributed by atoms with Crippen LogP contribution in [-0.2, 0) is 0 Å². The van der Waals surface area contributed by atoms with Crippen LogP contribution in [0.15, 0.2) is 97.1 Å². The lowest BCUT2D eigenvalue weighted by Crippen LogP contribution is -1.92. The van der Waals surface area contributed by atoms with Gasteiger partial charge >= 0.3 is 0 Å². The molecule has 0 aromatic heterocycles. The zero-order valence-electron chi connectivity index (χ0n) is 15.7. The molecule has 0 heterocycles. The van der Waals surface area contributed by atoms with Gasteiger partial charge in [-0.25, -0.2) is 0 Å². The topological polar surface area (TPSA) is 12.0 Å². The van der Waals surface area contributed by atoms with Crippen LogP contribution in [0.4, 0.5) is 11.4 Å². The Labute approximate surface area is 161 Å². The predicted molar refractivity (Wildman–Crippen MR) is 117 cm³/mol. The van der Waals surface area contributed by atoms with E-state index in [1.54, 1.807) is 0 Å². The van der Waals surface area contributed by atoms with Gasteiger partial charge in [-0.05, 0) is 71.5 Å². The highest BCUT2D eigenvalue weighted by Gasteiger charge is 2.02. The van der Waals surface area contributed by atoms with Gasteiger partial charge in [0.1, 0.15) is 0 Å². The standard InChI is InChI=1S/C26H23N/c1-19-8-15-26(18-20(19)2)27-25-16-13-24(14-17-25)23-11-9-22(10-12-23)21-6-4-3-5-7-21/h3-18,27H,1-2H3. The molecule has 132 valence electrons. The van der Waals surface area contributed by atoms with E-state index in [2.05, 4.69) is 110 Å². The molecule has 0 aliphatic carbocycles. The Balaban J connectivity index is 1.51. The molecule has 0 radical (unpaired) electrons. The van der Waals surface area contributed by atoms with E-state index in [1.807, 2.05) is 6.07 Å². The van der Waals surface area contributed by atoms with E-state index >= 15 is 0 Å². The van der Waals surface area contributed by atoms with Crippen molar-refractivity contribution in [1.29, 1.82) is 0 Å². The molecule has 4 aromatic rings. The molecule has 0 aliphatic rings. The summed E-state index contributed by atoms with van der Waals surface area (Å²) in [6, 6.07) is 34.3. The molecule has 0 saturated carbocycles. The van der Waals surface area contributed by atoms with Crippen molar-refractivity contribution in [3.05, 3.63) is 108 Å². The van der Waals surface area contributed by atoms with E-state index < -0.39 is 0 Å². The molecular weight excluding hydrogens is 326 g/mol. The first-order valence-electron chi connectivity index (χ1n) is 9.29. The Morgan fingerprint density at radius 3 is 1.48 bits per heavy atom. The summed E-state index contributed by atoms with van der Waals surface area (Å²) in [6.45, 7) is 4.28. The van der Waals surface area contributed by atoms with E-state index in [9.17, 15) is 0 Å². The highest BCUT2D eigenvalue weighted by atomic mass is 14.9. The number of benzene rings is 4. The Morgan fingerprint density at radius 1 is 0.444 bits per heavy atom. The van der Waals surface area contributed by atoms with Crippen LogP contribution in [0.1, 0.15) is 11.1 Å². The average Bonchev–Trinajstić information content (AvgIpc) is 2.72. The highest BCUT2D eigenvalue weighted by Crippen LogP contribution is 2.27. The van der Waals surface area contributed by atoms with Crippen LogP contribution in [-0.4, -0.2) is 0 Å². The van der Waals surface area contributed by atoms with Gasteiger partial charge in [0.25, 0.3) is 0 Å². The fraction of sp³-hybridized carbons (Fsp3) is 0.0769. The van der Waals surface area contributed by atoms with Crippen molar-refractivity contribution in [1.82, 2.24) is 0 Å². The summed E-state index contributed by atoms with van der Waals surface area (Å²) in [6.07, 6.45) is 0. The summed E-state index contributed by atoms with van der Waals surface area (Å²) in [5.74, 6) is 0. The maximum atomic E-state index is 3.48. The molecule has 0 bridgehead atoms. The summed E-state index contributed by atoms with van der Waals surface area (Å²) >= 11 is 0. The fourth-order valence-corrected chi connectivity index (χ4v) is 3.22. The minimum Gasteiger partial charge on any atom is -0.356 e. The van der Waals surface area contributed by atoms with Crippen molar-refractivity contribution >= 4 is 11.4 Å². The van der Waals surface area contributed by atoms with Gasteiger partial charge in [-0.2, -0.15) is 0 Å². The van der Waals surface area contributed by atoms with Crippen LogP contribution in [0, 0.1) is 13.8 Å². The van der Waals surface area contributed by atoms with Crippen LogP contribution in [0.25, 0.3) is 22.3 Å². The number of aryl methyl sites for hydroxylation is 2. The summed E-state index contributed by atoms with van der Waals surface area (Å²) in [7, 11) is 0. The number of anilines is 2. The summed E-state index contributed by atoms with van der Waals surface area (Å²) in [4.78, 5) is 0. The number of nitrogens with one attached hydrogen (secondary N) is 1. The largest absolute Gasteiger partial charge is 0.356 e. The monoisotopic (exact) mass is 349 g/mol. The quantitative estimate of drug-likeness (QED) is 0.405. The highest BCUT2D eigenvalue weighted by molar-refractivity contribution is 5.72. The van der Waals surface area contributed by atoms with Gasteiger partial charge in [-0.1, -0.05) is 72.8 Å². The van der Waals surface area contributed by atoms with Crippen molar-refractivity contribution in [2.45, 2.75) is 13.8 Å². The first kappa shape index (κ1) is 17.1. The molecular formula is C26H23N. The molecule has 1 nitrogen and oxygen atoms in total. The third-order valence-corrected chi connectivity index (χ3v) is 5.01. The van der Waals surface area contributed by atoms with Crippen molar-refractivity contribution in [3.63, 3.8) is 0 Å². The average molecular weight is 349 g/mol. The molecule has 0 spiro atoms. The van der Waals surface area contributed by atoms with Gasteiger partial charge in [0.05, 0.1) is 0 Å². The van der Waals surface area contributed by atoms with Crippen molar-refractivity contribution in [2.24, 2.45) is 0 Å². The van der Waals surface area contributed by atoms with E-state index in [1.165, 1.54) is 33.4 Å². The lowest BCUT2D eigenvalue weighted by Gasteiger charge is -2.10. The van der Waals surface area contributed by atoms with E-state index in [4.69, 9.17) is 0 Å². The van der Waals surface area contributed by atoms with Crippen molar-refractivity contribution in [2.75, 3.05) is 5.32 Å². The second kappa shape index (κ2) is 7.51.